The number of carbonyl (C=O) groups excluding carboxylic acids is 1. The Hall–Kier alpha value is -4.05. The molecule has 7 aromatic rings. The van der Waals surface area contributed by atoms with E-state index in [0.717, 1.165) is 59.4 Å². The molecule has 3 aromatic heterocycles. The van der Waals surface area contributed by atoms with Crippen LogP contribution in [0.5, 0.6) is 0 Å². The Bertz CT molecular complexity index is 2340. The van der Waals surface area contributed by atoms with E-state index in [0.29, 0.717) is 0 Å². The maximum atomic E-state index is 11.7. The Labute approximate surface area is 309 Å². The van der Waals surface area contributed by atoms with Gasteiger partial charge in [0.1, 0.15) is 0 Å². The van der Waals surface area contributed by atoms with Crippen molar-refractivity contribution in [2.45, 2.75) is 80.6 Å². The van der Waals surface area contributed by atoms with Crippen molar-refractivity contribution in [2.75, 3.05) is 0 Å². The molecule has 261 valence electrons. The van der Waals surface area contributed by atoms with Crippen LogP contribution in [-0.2, 0) is 31.3 Å². The normalized spacial score (nSPS) is 12.4. The molecule has 0 amide bonds. The van der Waals surface area contributed by atoms with E-state index in [4.69, 9.17) is 4.98 Å². The fourth-order valence-electron chi connectivity index (χ4n) is 7.34. The van der Waals surface area contributed by atoms with Crippen LogP contribution < -0.4 is 0 Å². The van der Waals surface area contributed by atoms with Crippen molar-refractivity contribution in [3.05, 3.63) is 108 Å². The second-order valence-corrected chi connectivity index (χ2v) is 14.6. The van der Waals surface area contributed by atoms with Crippen molar-refractivity contribution >= 4 is 65.7 Å². The SMILES string of the molecule is CC(C)(C)Cc1c2ccccc2nc2c3[c-]c4ccccc4cc3n3c4ccccc4cc3c12.CCC(CC)C(=O)/C=C(\O)C(CC)CC.[Ir]. The minimum atomic E-state index is 0. The number of fused-ring (bicyclic) bond motifs is 10. The van der Waals surface area contributed by atoms with Crippen LogP contribution >= 0.6 is 0 Å². The van der Waals surface area contributed by atoms with Crippen LogP contribution in [0.25, 0.3) is 59.9 Å². The quantitative estimate of drug-likeness (QED) is 0.0545. The van der Waals surface area contributed by atoms with Gasteiger partial charge in [0, 0.05) is 60.0 Å². The van der Waals surface area contributed by atoms with E-state index in [1.54, 1.807) is 0 Å². The molecule has 0 saturated heterocycles. The van der Waals surface area contributed by atoms with Crippen LogP contribution in [0, 0.1) is 23.3 Å². The molecule has 0 aliphatic carbocycles. The van der Waals surface area contributed by atoms with Crippen molar-refractivity contribution in [2.24, 2.45) is 17.3 Å². The first-order valence-electron chi connectivity index (χ1n) is 18.0. The van der Waals surface area contributed by atoms with Crippen molar-refractivity contribution in [3.8, 4) is 0 Å². The molecule has 1 N–H and O–H groups in total. The van der Waals surface area contributed by atoms with Gasteiger partial charge < -0.3 is 9.51 Å². The molecule has 4 aromatic carbocycles. The van der Waals surface area contributed by atoms with E-state index in [9.17, 15) is 9.90 Å². The van der Waals surface area contributed by atoms with Crippen LogP contribution in [0.4, 0.5) is 0 Å². The number of hydrogen-bond acceptors (Lipinski definition) is 3. The van der Waals surface area contributed by atoms with Gasteiger partial charge in [-0.25, -0.2) is 0 Å². The Balaban J connectivity index is 0.000000261. The molecule has 7 rings (SSSR count). The average molecular weight is 842 g/mol. The fourth-order valence-corrected chi connectivity index (χ4v) is 7.34. The summed E-state index contributed by atoms with van der Waals surface area (Å²) in [5, 5.41) is 16.9. The zero-order valence-electron chi connectivity index (χ0n) is 30.4. The molecule has 3 heterocycles. The van der Waals surface area contributed by atoms with Crippen LogP contribution in [0.1, 0.15) is 79.7 Å². The molecule has 0 saturated carbocycles. The van der Waals surface area contributed by atoms with Gasteiger partial charge in [0.15, 0.2) is 5.78 Å². The Morgan fingerprint density at radius 3 is 2.08 bits per heavy atom. The first-order valence-corrected chi connectivity index (χ1v) is 18.0. The predicted octanol–water partition coefficient (Wildman–Crippen LogP) is 12.4. The van der Waals surface area contributed by atoms with Crippen LogP contribution in [0.15, 0.2) is 96.8 Å². The van der Waals surface area contributed by atoms with E-state index in [1.165, 1.54) is 44.2 Å². The van der Waals surface area contributed by atoms with Gasteiger partial charge in [0.05, 0.1) is 11.3 Å². The number of aliphatic hydroxyl groups is 1. The van der Waals surface area contributed by atoms with Gasteiger partial charge in [-0.2, -0.15) is 0 Å². The van der Waals surface area contributed by atoms with Gasteiger partial charge in [-0.1, -0.05) is 120 Å². The number of aromatic nitrogens is 2. The zero-order valence-corrected chi connectivity index (χ0v) is 32.8. The molecule has 50 heavy (non-hydrogen) atoms. The zero-order chi connectivity index (χ0) is 34.9. The van der Waals surface area contributed by atoms with E-state index in [2.05, 4.69) is 116 Å². The van der Waals surface area contributed by atoms with Gasteiger partial charge in [0.25, 0.3) is 0 Å². The summed E-state index contributed by atoms with van der Waals surface area (Å²) in [5.74, 6) is 0.547. The van der Waals surface area contributed by atoms with Gasteiger partial charge in [0.2, 0.25) is 0 Å². The third-order valence-corrected chi connectivity index (χ3v) is 10.0. The Morgan fingerprint density at radius 1 is 0.800 bits per heavy atom. The number of pyridine rings is 2. The van der Waals surface area contributed by atoms with E-state index < -0.39 is 0 Å². The number of aliphatic hydroxyl groups excluding tert-OH is 1. The molecule has 4 nitrogen and oxygen atoms in total. The molecule has 0 bridgehead atoms. The summed E-state index contributed by atoms with van der Waals surface area (Å²) in [7, 11) is 0. The summed E-state index contributed by atoms with van der Waals surface area (Å²) >= 11 is 0. The average Bonchev–Trinajstić information content (AvgIpc) is 3.48. The van der Waals surface area contributed by atoms with E-state index in [1.807, 2.05) is 27.7 Å². The standard InChI is InChI=1S/C32H25N2.C13H24O2.Ir/c1-32(2,3)19-25-23-13-7-8-14-26(23)33-31-24-16-20-10-4-5-11-21(20)17-28(24)34-27-15-9-6-12-22(27)18-29(34)30(25)31;1-5-10(6-2)12(14)9-13(15)11(7-3)8-4;/h4-15,17-18H,19H2,1-3H3;9-11,14H,5-8H2,1-4H3;/q-1;;/b;12-9-;. The molecule has 1 radical (unpaired) electrons. The van der Waals surface area contributed by atoms with Crippen molar-refractivity contribution < 1.29 is 30.0 Å². The second-order valence-electron chi connectivity index (χ2n) is 14.6. The second kappa shape index (κ2) is 15.5. The monoisotopic (exact) mass is 842 g/mol. The van der Waals surface area contributed by atoms with Gasteiger partial charge >= 0.3 is 0 Å². The predicted molar refractivity (Wildman–Crippen MR) is 209 cm³/mol. The van der Waals surface area contributed by atoms with Gasteiger partial charge in [-0.3, -0.25) is 9.78 Å². The van der Waals surface area contributed by atoms with E-state index >= 15 is 0 Å². The maximum Gasteiger partial charge on any atom is 0.162 e. The third kappa shape index (κ3) is 7.22. The minimum absolute atomic E-state index is 0. The molecule has 0 atom stereocenters. The number of benzene rings is 4. The number of nitrogens with zero attached hydrogens (tertiary/aromatic N) is 2. The van der Waals surface area contributed by atoms with Crippen LogP contribution in [0.3, 0.4) is 0 Å². The molecule has 0 fully saturated rings. The number of carbonyl (C=O) groups is 1. The first-order chi connectivity index (χ1) is 23.6. The molecule has 0 unspecified atom stereocenters. The number of hydrogen-bond donors (Lipinski definition) is 1. The van der Waals surface area contributed by atoms with Gasteiger partial charge in [-0.15, -0.1) is 17.5 Å². The largest absolute Gasteiger partial charge is 0.512 e. The molecule has 0 aliphatic heterocycles. The van der Waals surface area contributed by atoms with E-state index in [-0.39, 0.29) is 48.9 Å². The third-order valence-electron chi connectivity index (χ3n) is 10.0. The smallest absolute Gasteiger partial charge is 0.162 e. The number of rotatable bonds is 8. The van der Waals surface area contributed by atoms with Crippen LogP contribution in [0.2, 0.25) is 0 Å². The summed E-state index contributed by atoms with van der Waals surface area (Å²) < 4.78 is 2.43. The Kier molecular flexibility index (Phi) is 11.5. The molecule has 0 spiro atoms. The number of allylic oxidation sites excluding steroid dienone is 2. The molecular weight excluding hydrogens is 793 g/mol. The summed E-state index contributed by atoms with van der Waals surface area (Å²) in [6.45, 7) is 15.0. The number of para-hydroxylation sites is 2. The van der Waals surface area contributed by atoms with Gasteiger partial charge in [-0.05, 0) is 77.6 Å². The fraction of sp³-hybridized carbons (Fsp3) is 0.333. The Morgan fingerprint density at radius 2 is 1.40 bits per heavy atom. The first kappa shape index (κ1) is 37.2. The maximum absolute atomic E-state index is 11.7. The van der Waals surface area contributed by atoms with Crippen molar-refractivity contribution in [1.82, 2.24) is 9.38 Å². The summed E-state index contributed by atoms with van der Waals surface area (Å²) in [4.78, 5) is 17.0. The van der Waals surface area contributed by atoms with Crippen molar-refractivity contribution in [1.29, 1.82) is 0 Å². The summed E-state index contributed by atoms with van der Waals surface area (Å²) in [6, 6.07) is 34.2. The molecule has 0 aliphatic rings. The van der Waals surface area contributed by atoms with Crippen LogP contribution in [-0.4, -0.2) is 20.3 Å². The summed E-state index contributed by atoms with van der Waals surface area (Å²) in [6.07, 6.45) is 5.88. The molecular formula is C45H49IrN2O2-. The topological polar surface area (TPSA) is 54.6 Å². The minimum Gasteiger partial charge on any atom is -0.512 e. The number of ketones is 1. The van der Waals surface area contributed by atoms with Crippen molar-refractivity contribution in [3.63, 3.8) is 0 Å². The summed E-state index contributed by atoms with van der Waals surface area (Å²) in [5.41, 5.74) is 7.23. The molecule has 5 heteroatoms.